The Hall–Kier alpha value is 0.960. The zero-order chi connectivity index (χ0) is 8.20. The molecule has 0 aliphatic heterocycles. The lowest BCUT2D eigenvalue weighted by atomic mass is 10.1. The molecule has 2 heteroatoms. The van der Waals surface area contributed by atoms with Crippen LogP contribution in [0, 0.1) is 6.92 Å². The van der Waals surface area contributed by atoms with Crippen molar-refractivity contribution in [3.8, 4) is 0 Å². The Labute approximate surface area is 81.0 Å². The van der Waals surface area contributed by atoms with Crippen molar-refractivity contribution in [3.63, 3.8) is 0 Å². The number of hydrogen-bond acceptors (Lipinski definition) is 0. The Morgan fingerprint density at radius 2 is 2.10 bits per heavy atom. The summed E-state index contributed by atoms with van der Waals surface area (Å²) in [5.41, 5.74) is 0. The van der Waals surface area contributed by atoms with Gasteiger partial charge in [0.15, 0.2) is 0 Å². The predicted octanol–water partition coefficient (Wildman–Crippen LogP) is 3.93. The maximum atomic E-state index is 3.99. The molecule has 0 rings (SSSR count). The molecule has 0 bridgehead atoms. The number of rotatable bonds is 4. The SMILES string of the molecule is [CH2]C(C)(Br)C(Br)CCCC. The van der Waals surface area contributed by atoms with Crippen molar-refractivity contribution < 1.29 is 0 Å². The van der Waals surface area contributed by atoms with Crippen molar-refractivity contribution in [1.82, 2.24) is 0 Å². The van der Waals surface area contributed by atoms with Gasteiger partial charge in [0, 0.05) is 9.15 Å². The Morgan fingerprint density at radius 3 is 2.40 bits per heavy atom. The molecule has 0 aromatic carbocycles. The molecule has 1 radical (unpaired) electrons. The summed E-state index contributed by atoms with van der Waals surface area (Å²) in [4.78, 5) is 0.486. The van der Waals surface area contributed by atoms with Gasteiger partial charge in [-0.1, -0.05) is 51.6 Å². The van der Waals surface area contributed by atoms with Gasteiger partial charge in [-0.25, -0.2) is 0 Å². The van der Waals surface area contributed by atoms with Crippen LogP contribution < -0.4 is 0 Å². The molecule has 61 valence electrons. The predicted molar refractivity (Wildman–Crippen MR) is 54.9 cm³/mol. The minimum atomic E-state index is -0.0117. The highest BCUT2D eigenvalue weighted by Gasteiger charge is 2.22. The van der Waals surface area contributed by atoms with Crippen molar-refractivity contribution in [2.75, 3.05) is 0 Å². The van der Waals surface area contributed by atoms with Gasteiger partial charge in [-0.2, -0.15) is 0 Å². The second-order valence-electron chi connectivity index (χ2n) is 2.89. The zero-order valence-corrected chi connectivity index (χ0v) is 9.83. The Morgan fingerprint density at radius 1 is 1.60 bits per heavy atom. The average molecular weight is 271 g/mol. The lowest BCUT2D eigenvalue weighted by molar-refractivity contribution is 0.636. The van der Waals surface area contributed by atoms with Gasteiger partial charge in [0.05, 0.1) is 0 Å². The minimum absolute atomic E-state index is 0.0117. The molecule has 0 spiro atoms. The summed E-state index contributed by atoms with van der Waals surface area (Å²) in [7, 11) is 0. The topological polar surface area (TPSA) is 0 Å². The lowest BCUT2D eigenvalue weighted by Crippen LogP contribution is -2.24. The Kier molecular flexibility index (Phi) is 5.22. The van der Waals surface area contributed by atoms with Crippen LogP contribution in [0.4, 0.5) is 0 Å². The normalized spacial score (nSPS) is 15.3. The van der Waals surface area contributed by atoms with Gasteiger partial charge in [-0.05, 0) is 20.3 Å². The number of alkyl halides is 2. The summed E-state index contributed by atoms with van der Waals surface area (Å²) in [6, 6.07) is 0. The number of halogens is 2. The van der Waals surface area contributed by atoms with Gasteiger partial charge in [0.1, 0.15) is 0 Å². The standard InChI is InChI=1S/C8H15Br2/c1-4-5-6-7(9)8(2,3)10/h7H,2,4-6H2,1,3H3. The molecule has 0 saturated heterocycles. The highest BCUT2D eigenvalue weighted by atomic mass is 79.9. The van der Waals surface area contributed by atoms with Gasteiger partial charge >= 0.3 is 0 Å². The first-order valence-electron chi connectivity index (χ1n) is 3.66. The number of hydrogen-bond donors (Lipinski definition) is 0. The first-order valence-corrected chi connectivity index (χ1v) is 5.37. The second-order valence-corrected chi connectivity index (χ2v) is 5.80. The molecule has 0 saturated carbocycles. The molecule has 0 aliphatic carbocycles. The van der Waals surface area contributed by atoms with Crippen molar-refractivity contribution in [2.24, 2.45) is 0 Å². The molecular weight excluding hydrogens is 256 g/mol. The van der Waals surface area contributed by atoms with Crippen LogP contribution in [0.3, 0.4) is 0 Å². The van der Waals surface area contributed by atoms with E-state index >= 15 is 0 Å². The van der Waals surface area contributed by atoms with E-state index in [1.165, 1.54) is 19.3 Å². The highest BCUT2D eigenvalue weighted by Crippen LogP contribution is 2.29. The third-order valence-electron chi connectivity index (χ3n) is 1.46. The molecule has 0 N–H and O–H groups in total. The van der Waals surface area contributed by atoms with Gasteiger partial charge in [-0.3, -0.25) is 0 Å². The summed E-state index contributed by atoms with van der Waals surface area (Å²) in [5.74, 6) is 0. The molecule has 0 aromatic rings. The maximum absolute atomic E-state index is 3.99. The van der Waals surface area contributed by atoms with Crippen LogP contribution in [0.2, 0.25) is 0 Å². The van der Waals surface area contributed by atoms with Crippen molar-refractivity contribution in [1.29, 1.82) is 0 Å². The monoisotopic (exact) mass is 269 g/mol. The maximum Gasteiger partial charge on any atom is 0.0355 e. The molecule has 0 fully saturated rings. The smallest absolute Gasteiger partial charge is 0.0355 e. The van der Waals surface area contributed by atoms with E-state index in [1.807, 2.05) is 0 Å². The molecule has 0 nitrogen and oxygen atoms in total. The molecule has 10 heavy (non-hydrogen) atoms. The van der Waals surface area contributed by atoms with Crippen molar-refractivity contribution in [2.45, 2.75) is 42.3 Å². The van der Waals surface area contributed by atoms with E-state index in [1.54, 1.807) is 0 Å². The van der Waals surface area contributed by atoms with Crippen LogP contribution in [0.1, 0.15) is 33.1 Å². The Bertz CT molecular complexity index is 83.7. The van der Waals surface area contributed by atoms with Crippen LogP contribution >= 0.6 is 31.9 Å². The van der Waals surface area contributed by atoms with Gasteiger partial charge < -0.3 is 0 Å². The third-order valence-corrected chi connectivity index (χ3v) is 4.10. The third kappa shape index (κ3) is 4.73. The summed E-state index contributed by atoms with van der Waals surface area (Å²) in [5, 5.41) is 0. The zero-order valence-electron chi connectivity index (χ0n) is 6.66. The van der Waals surface area contributed by atoms with Crippen LogP contribution in [0.5, 0.6) is 0 Å². The summed E-state index contributed by atoms with van der Waals surface area (Å²) in [6.45, 7) is 8.28. The van der Waals surface area contributed by atoms with E-state index in [0.717, 1.165) is 0 Å². The average Bonchev–Trinajstić information content (AvgIpc) is 1.80. The second kappa shape index (κ2) is 4.76. The van der Waals surface area contributed by atoms with Crippen molar-refractivity contribution in [3.05, 3.63) is 6.92 Å². The van der Waals surface area contributed by atoms with Crippen LogP contribution in [0.25, 0.3) is 0 Å². The van der Waals surface area contributed by atoms with Gasteiger partial charge in [0.2, 0.25) is 0 Å². The number of unbranched alkanes of at least 4 members (excludes halogenated alkanes) is 1. The van der Waals surface area contributed by atoms with E-state index in [2.05, 4.69) is 52.6 Å². The van der Waals surface area contributed by atoms with Crippen LogP contribution in [0.15, 0.2) is 0 Å². The summed E-state index contributed by atoms with van der Waals surface area (Å²) in [6.07, 6.45) is 3.72. The van der Waals surface area contributed by atoms with Crippen LogP contribution in [-0.2, 0) is 0 Å². The van der Waals surface area contributed by atoms with Crippen molar-refractivity contribution >= 4 is 31.9 Å². The molecule has 2 unspecified atom stereocenters. The molecule has 0 aromatic heterocycles. The molecule has 0 amide bonds. The van der Waals surface area contributed by atoms with Crippen LogP contribution in [-0.4, -0.2) is 9.15 Å². The first kappa shape index (κ1) is 11.0. The highest BCUT2D eigenvalue weighted by molar-refractivity contribution is 9.12. The molecule has 0 heterocycles. The van der Waals surface area contributed by atoms with E-state index in [-0.39, 0.29) is 4.32 Å². The fourth-order valence-corrected chi connectivity index (χ4v) is 1.24. The van der Waals surface area contributed by atoms with Gasteiger partial charge in [-0.15, -0.1) is 0 Å². The summed E-state index contributed by atoms with van der Waals surface area (Å²) < 4.78 is -0.0117. The fraction of sp³-hybridized carbons (Fsp3) is 0.875. The molecule has 2 atom stereocenters. The molecular formula is C8H15Br2. The molecule has 0 aliphatic rings. The van der Waals surface area contributed by atoms with Gasteiger partial charge in [0.25, 0.3) is 0 Å². The van der Waals surface area contributed by atoms with E-state index in [4.69, 9.17) is 0 Å². The van der Waals surface area contributed by atoms with E-state index in [9.17, 15) is 0 Å². The first-order chi connectivity index (χ1) is 4.48. The largest absolute Gasteiger partial charge is 0.0876 e. The quantitative estimate of drug-likeness (QED) is 0.679. The lowest BCUT2D eigenvalue weighted by Gasteiger charge is -2.22. The Balaban J connectivity index is 3.52. The van der Waals surface area contributed by atoms with E-state index in [0.29, 0.717) is 4.83 Å². The summed E-state index contributed by atoms with van der Waals surface area (Å²) >= 11 is 7.11. The minimum Gasteiger partial charge on any atom is -0.0876 e. The van der Waals surface area contributed by atoms with E-state index < -0.39 is 0 Å². The fourth-order valence-electron chi connectivity index (χ4n) is 0.684.